The van der Waals surface area contributed by atoms with E-state index in [1.807, 2.05) is 54.0 Å². The van der Waals surface area contributed by atoms with Crippen molar-refractivity contribution in [3.8, 4) is 17.1 Å². The summed E-state index contributed by atoms with van der Waals surface area (Å²) in [6.07, 6.45) is 0.789. The van der Waals surface area contributed by atoms with Crippen LogP contribution in [0, 0.1) is 6.92 Å². The van der Waals surface area contributed by atoms with E-state index in [2.05, 4.69) is 34.6 Å². The average Bonchev–Trinajstić information content (AvgIpc) is 3.15. The lowest BCUT2D eigenvalue weighted by atomic mass is 10.2. The third kappa shape index (κ3) is 5.46. The minimum Gasteiger partial charge on any atom is -0.385 e. The van der Waals surface area contributed by atoms with Crippen molar-refractivity contribution in [2.24, 2.45) is 0 Å². The number of thioether (sulfide) groups is 1. The molecule has 6 nitrogen and oxygen atoms in total. The summed E-state index contributed by atoms with van der Waals surface area (Å²) in [5.41, 5.74) is 3.12. The average molecular weight is 411 g/mol. The maximum Gasteiger partial charge on any atom is 0.233 e. The Hall–Kier alpha value is -2.64. The van der Waals surface area contributed by atoms with Gasteiger partial charge in [-0.1, -0.05) is 59.8 Å². The minimum absolute atomic E-state index is 0.0224. The molecule has 1 heterocycles. The number of hydrogen-bond donors (Lipinski definition) is 1. The molecule has 1 atom stereocenters. The number of aryl methyl sites for hydroxylation is 1. The van der Waals surface area contributed by atoms with Crippen LogP contribution in [0.3, 0.4) is 0 Å². The molecule has 0 aliphatic heterocycles. The summed E-state index contributed by atoms with van der Waals surface area (Å²) in [6.45, 7) is 5.16. The molecule has 1 aromatic heterocycles. The SMILES string of the molecule is COCCCNC(=O)C(C)Sc1nnc(-c2ccccc2)n1-c1ccc(C)cc1. The highest BCUT2D eigenvalue weighted by Gasteiger charge is 2.21. The van der Waals surface area contributed by atoms with Crippen molar-refractivity contribution in [1.29, 1.82) is 0 Å². The topological polar surface area (TPSA) is 69.0 Å². The molecule has 7 heteroatoms. The van der Waals surface area contributed by atoms with Crippen LogP contribution in [0.1, 0.15) is 18.9 Å². The number of aromatic nitrogens is 3. The molecule has 0 fully saturated rings. The molecule has 0 saturated carbocycles. The molecule has 0 aliphatic rings. The minimum atomic E-state index is -0.297. The Morgan fingerprint density at radius 3 is 2.55 bits per heavy atom. The largest absolute Gasteiger partial charge is 0.385 e. The summed E-state index contributed by atoms with van der Waals surface area (Å²) in [5.74, 6) is 0.732. The normalized spacial score (nSPS) is 12.0. The van der Waals surface area contributed by atoms with Crippen LogP contribution < -0.4 is 5.32 Å². The van der Waals surface area contributed by atoms with Gasteiger partial charge in [0.05, 0.1) is 5.25 Å². The van der Waals surface area contributed by atoms with Gasteiger partial charge in [0.15, 0.2) is 11.0 Å². The van der Waals surface area contributed by atoms with Crippen LogP contribution in [0.15, 0.2) is 59.8 Å². The standard InChI is InChI=1S/C22H26N4O2S/c1-16-10-12-19(13-11-16)26-20(18-8-5-4-6-9-18)24-25-22(26)29-17(2)21(27)23-14-7-15-28-3/h4-6,8-13,17H,7,14-15H2,1-3H3,(H,23,27). The summed E-state index contributed by atoms with van der Waals surface area (Å²) < 4.78 is 7.03. The highest BCUT2D eigenvalue weighted by atomic mass is 32.2. The second-order valence-corrected chi connectivity index (χ2v) is 8.05. The number of carbonyl (C=O) groups is 1. The van der Waals surface area contributed by atoms with Crippen LogP contribution in [0.25, 0.3) is 17.1 Å². The van der Waals surface area contributed by atoms with Crippen LogP contribution in [0.2, 0.25) is 0 Å². The molecule has 1 unspecified atom stereocenters. The molecular weight excluding hydrogens is 384 g/mol. The van der Waals surface area contributed by atoms with Gasteiger partial charge in [-0.15, -0.1) is 10.2 Å². The molecular formula is C22H26N4O2S. The lowest BCUT2D eigenvalue weighted by Gasteiger charge is -2.14. The Balaban J connectivity index is 1.86. The number of hydrogen-bond acceptors (Lipinski definition) is 5. The third-order valence-corrected chi connectivity index (χ3v) is 5.48. The first-order valence-electron chi connectivity index (χ1n) is 9.61. The van der Waals surface area contributed by atoms with Crippen molar-refractivity contribution in [2.75, 3.05) is 20.3 Å². The number of carbonyl (C=O) groups excluding carboxylic acids is 1. The van der Waals surface area contributed by atoms with E-state index >= 15 is 0 Å². The maximum atomic E-state index is 12.4. The molecule has 1 amide bonds. The number of nitrogens with one attached hydrogen (secondary N) is 1. The Labute approximate surface area is 175 Å². The van der Waals surface area contributed by atoms with Gasteiger partial charge in [-0.3, -0.25) is 9.36 Å². The van der Waals surface area contributed by atoms with E-state index in [4.69, 9.17) is 4.74 Å². The lowest BCUT2D eigenvalue weighted by molar-refractivity contribution is -0.120. The summed E-state index contributed by atoms with van der Waals surface area (Å²) in [4.78, 5) is 12.4. The fraction of sp³-hybridized carbons (Fsp3) is 0.318. The Morgan fingerprint density at radius 2 is 1.86 bits per heavy atom. The van der Waals surface area contributed by atoms with Crippen molar-refractivity contribution in [2.45, 2.75) is 30.7 Å². The smallest absolute Gasteiger partial charge is 0.233 e. The van der Waals surface area contributed by atoms with Gasteiger partial charge in [0.1, 0.15) is 0 Å². The third-order valence-electron chi connectivity index (χ3n) is 4.43. The maximum absolute atomic E-state index is 12.4. The Bertz CT molecular complexity index is 926. The number of rotatable bonds is 9. The predicted octanol–water partition coefficient (Wildman–Crippen LogP) is 3.88. The molecule has 2 aromatic carbocycles. The van der Waals surface area contributed by atoms with Gasteiger partial charge in [0.2, 0.25) is 5.91 Å². The molecule has 152 valence electrons. The van der Waals surface area contributed by atoms with Gasteiger partial charge in [0, 0.05) is 31.5 Å². The molecule has 0 radical (unpaired) electrons. The molecule has 0 bridgehead atoms. The Morgan fingerprint density at radius 1 is 1.14 bits per heavy atom. The van der Waals surface area contributed by atoms with Crippen LogP contribution in [0.4, 0.5) is 0 Å². The molecule has 3 rings (SSSR count). The van der Waals surface area contributed by atoms with E-state index in [1.165, 1.54) is 17.3 Å². The van der Waals surface area contributed by atoms with E-state index in [0.29, 0.717) is 18.3 Å². The van der Waals surface area contributed by atoms with Crippen LogP contribution in [0.5, 0.6) is 0 Å². The summed E-state index contributed by atoms with van der Waals surface area (Å²) in [7, 11) is 1.66. The van der Waals surface area contributed by atoms with Crippen molar-refractivity contribution < 1.29 is 9.53 Å². The number of amides is 1. The zero-order valence-corrected chi connectivity index (χ0v) is 17.8. The van der Waals surface area contributed by atoms with E-state index in [-0.39, 0.29) is 11.2 Å². The molecule has 0 aliphatic carbocycles. The predicted molar refractivity (Wildman–Crippen MR) is 116 cm³/mol. The molecule has 3 aromatic rings. The molecule has 1 N–H and O–H groups in total. The lowest BCUT2D eigenvalue weighted by Crippen LogP contribution is -2.32. The van der Waals surface area contributed by atoms with Crippen LogP contribution in [-0.2, 0) is 9.53 Å². The van der Waals surface area contributed by atoms with Crippen molar-refractivity contribution >= 4 is 17.7 Å². The van der Waals surface area contributed by atoms with Crippen molar-refractivity contribution in [1.82, 2.24) is 20.1 Å². The highest BCUT2D eigenvalue weighted by Crippen LogP contribution is 2.30. The fourth-order valence-corrected chi connectivity index (χ4v) is 3.72. The van der Waals surface area contributed by atoms with Gasteiger partial charge in [-0.25, -0.2) is 0 Å². The van der Waals surface area contributed by atoms with E-state index in [0.717, 1.165) is 23.5 Å². The fourth-order valence-electron chi connectivity index (χ4n) is 2.83. The monoisotopic (exact) mass is 410 g/mol. The molecule has 29 heavy (non-hydrogen) atoms. The van der Waals surface area contributed by atoms with Crippen molar-refractivity contribution in [3.05, 3.63) is 60.2 Å². The second-order valence-electron chi connectivity index (χ2n) is 6.74. The van der Waals surface area contributed by atoms with Gasteiger partial charge in [-0.2, -0.15) is 0 Å². The van der Waals surface area contributed by atoms with Crippen LogP contribution in [-0.4, -0.2) is 46.2 Å². The zero-order valence-electron chi connectivity index (χ0n) is 17.0. The second kappa shape index (κ2) is 10.2. The number of ether oxygens (including phenoxy) is 1. The van der Waals surface area contributed by atoms with Gasteiger partial charge in [0.25, 0.3) is 0 Å². The van der Waals surface area contributed by atoms with Gasteiger partial charge in [-0.05, 0) is 32.4 Å². The Kier molecular flexibility index (Phi) is 7.43. The summed E-state index contributed by atoms with van der Waals surface area (Å²) in [6, 6.07) is 18.2. The number of nitrogens with zero attached hydrogens (tertiary/aromatic N) is 3. The molecule has 0 saturated heterocycles. The van der Waals surface area contributed by atoms with Crippen LogP contribution >= 0.6 is 11.8 Å². The zero-order chi connectivity index (χ0) is 20.6. The first-order valence-corrected chi connectivity index (χ1v) is 10.5. The van der Waals surface area contributed by atoms with E-state index in [1.54, 1.807) is 7.11 Å². The first kappa shape index (κ1) is 21.1. The first-order chi connectivity index (χ1) is 14.1. The van der Waals surface area contributed by atoms with Gasteiger partial charge < -0.3 is 10.1 Å². The summed E-state index contributed by atoms with van der Waals surface area (Å²) >= 11 is 1.40. The highest BCUT2D eigenvalue weighted by molar-refractivity contribution is 8.00. The number of methoxy groups -OCH3 is 1. The molecule has 0 spiro atoms. The van der Waals surface area contributed by atoms with Crippen molar-refractivity contribution in [3.63, 3.8) is 0 Å². The summed E-state index contributed by atoms with van der Waals surface area (Å²) in [5, 5.41) is 12.2. The van der Waals surface area contributed by atoms with Gasteiger partial charge >= 0.3 is 0 Å². The van der Waals surface area contributed by atoms with E-state index in [9.17, 15) is 4.79 Å². The van der Waals surface area contributed by atoms with E-state index < -0.39 is 0 Å². The number of benzene rings is 2. The quantitative estimate of drug-likeness (QED) is 0.428.